The van der Waals surface area contributed by atoms with Gasteiger partial charge in [0.25, 0.3) is 11.7 Å². The van der Waals surface area contributed by atoms with E-state index in [4.69, 9.17) is 4.74 Å². The molecule has 1 aliphatic heterocycles. The van der Waals surface area contributed by atoms with E-state index in [2.05, 4.69) is 20.5 Å². The third-order valence-electron chi connectivity index (χ3n) is 4.20. The summed E-state index contributed by atoms with van der Waals surface area (Å²) in [5, 5.41) is 10.9. The average molecular weight is 273 g/mol. The number of nitrogens with one attached hydrogen (secondary N) is 1. The third-order valence-corrected chi connectivity index (χ3v) is 4.20. The van der Waals surface area contributed by atoms with E-state index < -0.39 is 0 Å². The van der Waals surface area contributed by atoms with Gasteiger partial charge in [-0.05, 0) is 25.8 Å². The molecular formula is C13H15N5O2. The second kappa shape index (κ2) is 4.24. The van der Waals surface area contributed by atoms with Gasteiger partial charge in [0.05, 0.1) is 6.10 Å². The summed E-state index contributed by atoms with van der Waals surface area (Å²) in [6.07, 6.45) is 4.02. The molecule has 3 atom stereocenters. The summed E-state index contributed by atoms with van der Waals surface area (Å²) in [6.45, 7) is 2.68. The molecule has 0 aromatic carbocycles. The highest BCUT2D eigenvalue weighted by Crippen LogP contribution is 2.38. The Kier molecular flexibility index (Phi) is 2.50. The second-order valence-corrected chi connectivity index (χ2v) is 5.44. The molecule has 0 radical (unpaired) electrons. The molecule has 7 nitrogen and oxygen atoms in total. The molecule has 2 aromatic heterocycles. The number of hydrogen-bond donors (Lipinski definition) is 1. The van der Waals surface area contributed by atoms with Crippen LogP contribution < -0.4 is 5.32 Å². The first kappa shape index (κ1) is 11.8. The number of carbonyl (C=O) groups is 1. The monoisotopic (exact) mass is 273 g/mol. The predicted molar refractivity (Wildman–Crippen MR) is 69.2 cm³/mol. The van der Waals surface area contributed by atoms with Crippen LogP contribution in [-0.2, 0) is 4.74 Å². The minimum absolute atomic E-state index is 0.195. The van der Waals surface area contributed by atoms with Crippen LogP contribution in [0.3, 0.4) is 0 Å². The van der Waals surface area contributed by atoms with Crippen LogP contribution in [0.25, 0.3) is 5.78 Å². The SMILES string of the molecule is Cc1ccn2c(C(=O)N[C@H]3C[C@@H]4OCC[C@H]34)nnc2n1. The summed E-state index contributed by atoms with van der Waals surface area (Å²) in [7, 11) is 0. The van der Waals surface area contributed by atoms with E-state index in [1.54, 1.807) is 10.6 Å². The lowest BCUT2D eigenvalue weighted by atomic mass is 9.76. The van der Waals surface area contributed by atoms with Gasteiger partial charge in [0, 0.05) is 30.5 Å². The maximum atomic E-state index is 12.3. The average Bonchev–Trinajstić information content (AvgIpc) is 2.99. The molecular weight excluding hydrogens is 258 g/mol. The van der Waals surface area contributed by atoms with Crippen molar-refractivity contribution in [3.8, 4) is 0 Å². The lowest BCUT2D eigenvalue weighted by Gasteiger charge is -2.39. The first-order valence-corrected chi connectivity index (χ1v) is 6.83. The molecule has 1 saturated carbocycles. The molecule has 104 valence electrons. The lowest BCUT2D eigenvalue weighted by Crippen LogP contribution is -2.53. The Morgan fingerprint density at radius 3 is 3.25 bits per heavy atom. The summed E-state index contributed by atoms with van der Waals surface area (Å²) in [4.78, 5) is 16.5. The van der Waals surface area contributed by atoms with Crippen LogP contribution >= 0.6 is 0 Å². The van der Waals surface area contributed by atoms with Crippen molar-refractivity contribution in [1.29, 1.82) is 0 Å². The molecule has 1 aliphatic carbocycles. The van der Waals surface area contributed by atoms with Gasteiger partial charge in [0.2, 0.25) is 5.82 Å². The Balaban J connectivity index is 1.55. The molecule has 3 heterocycles. The van der Waals surface area contributed by atoms with Gasteiger partial charge in [-0.3, -0.25) is 9.20 Å². The first-order chi connectivity index (χ1) is 9.72. The first-order valence-electron chi connectivity index (χ1n) is 6.83. The van der Waals surface area contributed by atoms with E-state index in [0.29, 0.717) is 17.8 Å². The number of ether oxygens (including phenoxy) is 1. The molecule has 0 spiro atoms. The van der Waals surface area contributed by atoms with E-state index in [9.17, 15) is 4.79 Å². The van der Waals surface area contributed by atoms with E-state index in [1.807, 2.05) is 13.0 Å². The minimum atomic E-state index is -0.196. The van der Waals surface area contributed by atoms with Crippen molar-refractivity contribution in [1.82, 2.24) is 24.9 Å². The van der Waals surface area contributed by atoms with Crippen LogP contribution in [0.1, 0.15) is 29.2 Å². The maximum absolute atomic E-state index is 12.3. The van der Waals surface area contributed by atoms with Crippen molar-refractivity contribution >= 4 is 11.7 Å². The predicted octanol–water partition coefficient (Wildman–Crippen LogP) is 0.340. The van der Waals surface area contributed by atoms with E-state index in [0.717, 1.165) is 25.1 Å². The lowest BCUT2D eigenvalue weighted by molar-refractivity contribution is 0.00793. The highest BCUT2D eigenvalue weighted by molar-refractivity contribution is 5.91. The van der Waals surface area contributed by atoms with Gasteiger partial charge in [0.1, 0.15) is 0 Å². The normalized spacial score (nSPS) is 28.1. The molecule has 20 heavy (non-hydrogen) atoms. The molecule has 2 aromatic rings. The van der Waals surface area contributed by atoms with Gasteiger partial charge in [-0.2, -0.15) is 0 Å². The number of amides is 1. The largest absolute Gasteiger partial charge is 0.378 e. The summed E-state index contributed by atoms with van der Waals surface area (Å²) >= 11 is 0. The Bertz CT molecular complexity index is 682. The zero-order valence-electron chi connectivity index (χ0n) is 11.1. The molecule has 2 aliphatic rings. The Hall–Kier alpha value is -2.02. The van der Waals surface area contributed by atoms with Gasteiger partial charge < -0.3 is 10.1 Å². The van der Waals surface area contributed by atoms with Gasteiger partial charge in [-0.25, -0.2) is 4.98 Å². The number of carbonyl (C=O) groups excluding carboxylic acids is 1. The van der Waals surface area contributed by atoms with Crippen LogP contribution in [0.4, 0.5) is 0 Å². The van der Waals surface area contributed by atoms with E-state index >= 15 is 0 Å². The van der Waals surface area contributed by atoms with Crippen molar-refractivity contribution in [2.24, 2.45) is 5.92 Å². The van der Waals surface area contributed by atoms with Gasteiger partial charge in [-0.15, -0.1) is 10.2 Å². The number of fused-ring (bicyclic) bond motifs is 2. The van der Waals surface area contributed by atoms with E-state index in [1.165, 1.54) is 0 Å². The number of aryl methyl sites for hydroxylation is 1. The quantitative estimate of drug-likeness (QED) is 0.853. The molecule has 1 N–H and O–H groups in total. The molecule has 1 saturated heterocycles. The molecule has 0 unspecified atom stereocenters. The Labute approximate surface area is 115 Å². The fraction of sp³-hybridized carbons (Fsp3) is 0.538. The van der Waals surface area contributed by atoms with Crippen LogP contribution in [0.15, 0.2) is 12.3 Å². The van der Waals surface area contributed by atoms with Crippen LogP contribution in [0, 0.1) is 12.8 Å². The maximum Gasteiger partial charge on any atom is 0.289 e. The molecule has 4 rings (SSSR count). The van der Waals surface area contributed by atoms with Gasteiger partial charge >= 0.3 is 0 Å². The number of hydrogen-bond acceptors (Lipinski definition) is 5. The van der Waals surface area contributed by atoms with Crippen LogP contribution in [0.5, 0.6) is 0 Å². The molecule has 7 heteroatoms. The fourth-order valence-electron chi connectivity index (χ4n) is 3.03. The van der Waals surface area contributed by atoms with Crippen molar-refractivity contribution in [2.75, 3.05) is 6.61 Å². The van der Waals surface area contributed by atoms with Crippen molar-refractivity contribution in [2.45, 2.75) is 31.9 Å². The summed E-state index contributed by atoms with van der Waals surface area (Å²) < 4.78 is 7.16. The standard InChI is InChI=1S/C13H15N5O2/c1-7-2-4-18-11(16-17-13(18)14-7)12(19)15-9-6-10-8(9)3-5-20-10/h2,4,8-10H,3,5-6H2,1H3,(H,15,19)/t8-,9+,10+/m1/s1. The minimum Gasteiger partial charge on any atom is -0.378 e. The van der Waals surface area contributed by atoms with Crippen LogP contribution in [-0.4, -0.2) is 44.2 Å². The van der Waals surface area contributed by atoms with Gasteiger partial charge in [0.15, 0.2) is 0 Å². The molecule has 0 bridgehead atoms. The zero-order valence-corrected chi connectivity index (χ0v) is 11.1. The van der Waals surface area contributed by atoms with Crippen LogP contribution in [0.2, 0.25) is 0 Å². The topological polar surface area (TPSA) is 81.4 Å². The van der Waals surface area contributed by atoms with Crippen molar-refractivity contribution in [3.63, 3.8) is 0 Å². The Morgan fingerprint density at radius 1 is 1.50 bits per heavy atom. The Morgan fingerprint density at radius 2 is 2.40 bits per heavy atom. The summed E-state index contributed by atoms with van der Waals surface area (Å²) in [6, 6.07) is 2.03. The second-order valence-electron chi connectivity index (χ2n) is 5.44. The molecule has 2 fully saturated rings. The highest BCUT2D eigenvalue weighted by Gasteiger charge is 2.46. The summed E-state index contributed by atoms with van der Waals surface area (Å²) in [5.41, 5.74) is 0.849. The van der Waals surface area contributed by atoms with Crippen molar-refractivity contribution < 1.29 is 9.53 Å². The molecule has 1 amide bonds. The van der Waals surface area contributed by atoms with Crippen molar-refractivity contribution in [3.05, 3.63) is 23.8 Å². The smallest absolute Gasteiger partial charge is 0.289 e. The third kappa shape index (κ3) is 1.70. The summed E-state index contributed by atoms with van der Waals surface area (Å²) in [5.74, 6) is 0.998. The number of aromatic nitrogens is 4. The fourth-order valence-corrected chi connectivity index (χ4v) is 3.03. The van der Waals surface area contributed by atoms with E-state index in [-0.39, 0.29) is 17.8 Å². The zero-order chi connectivity index (χ0) is 13.7. The number of rotatable bonds is 2. The highest BCUT2D eigenvalue weighted by atomic mass is 16.5. The number of nitrogens with zero attached hydrogens (tertiary/aromatic N) is 4. The van der Waals surface area contributed by atoms with Gasteiger partial charge in [-0.1, -0.05) is 0 Å².